The summed E-state index contributed by atoms with van der Waals surface area (Å²) in [7, 11) is 0. The number of aliphatic hydroxyl groups excluding tert-OH is 1. The molecule has 2 aromatic rings. The van der Waals surface area contributed by atoms with E-state index >= 15 is 0 Å². The molecule has 0 radical (unpaired) electrons. The second kappa shape index (κ2) is 5.07. The maximum Gasteiger partial charge on any atom is 0.135 e. The highest BCUT2D eigenvalue weighted by Gasteiger charge is 2.25. The van der Waals surface area contributed by atoms with E-state index < -0.39 is 17.7 Å². The highest BCUT2D eigenvalue weighted by Crippen LogP contribution is 2.31. The summed E-state index contributed by atoms with van der Waals surface area (Å²) in [6.07, 6.45) is -0.808. The van der Waals surface area contributed by atoms with Gasteiger partial charge in [-0.15, -0.1) is 5.10 Å². The predicted molar refractivity (Wildman–Crippen MR) is 64.4 cm³/mol. The van der Waals surface area contributed by atoms with Gasteiger partial charge in [0.2, 0.25) is 0 Å². The highest BCUT2D eigenvalue weighted by atomic mass is 32.1. The van der Waals surface area contributed by atoms with Gasteiger partial charge in [-0.05, 0) is 36.5 Å². The van der Waals surface area contributed by atoms with Crippen molar-refractivity contribution in [3.05, 3.63) is 45.5 Å². The van der Waals surface area contributed by atoms with Crippen molar-refractivity contribution in [3.63, 3.8) is 0 Å². The standard InChI is InChI=1S/C12H12F2N2OS/c1-3-8-12(18-16-15-8)11(17)9-7(13)5-4-6(2)10(9)14/h4-5,11,17H,3H2,1-2H3. The van der Waals surface area contributed by atoms with Gasteiger partial charge in [0, 0.05) is 0 Å². The monoisotopic (exact) mass is 270 g/mol. The van der Waals surface area contributed by atoms with Gasteiger partial charge in [-0.2, -0.15) is 0 Å². The van der Waals surface area contributed by atoms with E-state index in [0.717, 1.165) is 17.6 Å². The maximum absolute atomic E-state index is 13.9. The molecule has 0 spiro atoms. The lowest BCUT2D eigenvalue weighted by Gasteiger charge is -2.13. The van der Waals surface area contributed by atoms with Crippen LogP contribution in [0, 0.1) is 18.6 Å². The number of halogens is 2. The van der Waals surface area contributed by atoms with E-state index in [9.17, 15) is 13.9 Å². The molecule has 6 heteroatoms. The van der Waals surface area contributed by atoms with Crippen LogP contribution in [0.1, 0.15) is 34.7 Å². The SMILES string of the molecule is CCc1nnsc1C(O)c1c(F)ccc(C)c1F. The Morgan fingerprint density at radius 1 is 1.39 bits per heavy atom. The van der Waals surface area contributed by atoms with Gasteiger partial charge in [0.25, 0.3) is 0 Å². The first-order chi connectivity index (χ1) is 8.56. The minimum Gasteiger partial charge on any atom is -0.382 e. The summed E-state index contributed by atoms with van der Waals surface area (Å²) in [5.74, 6) is -1.49. The zero-order valence-corrected chi connectivity index (χ0v) is 10.8. The van der Waals surface area contributed by atoms with Crippen molar-refractivity contribution in [2.45, 2.75) is 26.4 Å². The van der Waals surface area contributed by atoms with Crippen molar-refractivity contribution in [2.75, 3.05) is 0 Å². The summed E-state index contributed by atoms with van der Waals surface area (Å²) in [4.78, 5) is 0.390. The number of hydrogen-bond acceptors (Lipinski definition) is 4. The smallest absolute Gasteiger partial charge is 0.135 e. The summed E-state index contributed by atoms with van der Waals surface area (Å²) in [6.45, 7) is 3.37. The van der Waals surface area contributed by atoms with Crippen molar-refractivity contribution in [1.82, 2.24) is 9.59 Å². The van der Waals surface area contributed by atoms with Gasteiger partial charge in [0.1, 0.15) is 17.7 Å². The van der Waals surface area contributed by atoms with Crippen LogP contribution in [0.4, 0.5) is 8.78 Å². The molecule has 1 N–H and O–H groups in total. The zero-order chi connectivity index (χ0) is 13.3. The first kappa shape index (κ1) is 13.0. The van der Waals surface area contributed by atoms with Crippen LogP contribution < -0.4 is 0 Å². The Balaban J connectivity index is 2.52. The fraction of sp³-hybridized carbons (Fsp3) is 0.333. The molecule has 0 aliphatic rings. The topological polar surface area (TPSA) is 46.0 Å². The average Bonchev–Trinajstić information content (AvgIpc) is 2.82. The van der Waals surface area contributed by atoms with Crippen molar-refractivity contribution in [1.29, 1.82) is 0 Å². The van der Waals surface area contributed by atoms with E-state index in [1.54, 1.807) is 0 Å². The summed E-state index contributed by atoms with van der Waals surface area (Å²) in [5, 5.41) is 14.0. The summed E-state index contributed by atoms with van der Waals surface area (Å²) in [5.41, 5.74) is 0.518. The molecule has 1 aromatic heterocycles. The van der Waals surface area contributed by atoms with Crippen LogP contribution in [0.3, 0.4) is 0 Å². The highest BCUT2D eigenvalue weighted by molar-refractivity contribution is 7.05. The van der Waals surface area contributed by atoms with Crippen molar-refractivity contribution in [3.8, 4) is 0 Å². The molecule has 0 saturated carbocycles. The number of benzene rings is 1. The molecule has 0 aliphatic carbocycles. The third kappa shape index (κ3) is 2.13. The first-order valence-electron chi connectivity index (χ1n) is 5.50. The van der Waals surface area contributed by atoms with Crippen LogP contribution in [-0.4, -0.2) is 14.7 Å². The molecule has 3 nitrogen and oxygen atoms in total. The lowest BCUT2D eigenvalue weighted by Crippen LogP contribution is -2.07. The Hall–Kier alpha value is -1.40. The van der Waals surface area contributed by atoms with Gasteiger partial charge < -0.3 is 5.11 Å². The molecular weight excluding hydrogens is 258 g/mol. The summed E-state index contributed by atoms with van der Waals surface area (Å²) < 4.78 is 31.3. The predicted octanol–water partition coefficient (Wildman–Crippen LogP) is 2.77. The number of hydrogen-bond donors (Lipinski definition) is 1. The summed E-state index contributed by atoms with van der Waals surface area (Å²) >= 11 is 0.956. The fourth-order valence-electron chi connectivity index (χ4n) is 1.73. The van der Waals surface area contributed by atoms with Crippen molar-refractivity contribution >= 4 is 11.5 Å². The quantitative estimate of drug-likeness (QED) is 0.932. The number of rotatable bonds is 3. The van der Waals surface area contributed by atoms with Gasteiger partial charge in [-0.25, -0.2) is 8.78 Å². The zero-order valence-electron chi connectivity index (χ0n) is 9.94. The molecule has 0 amide bonds. The van der Waals surface area contributed by atoms with E-state index in [0.29, 0.717) is 22.6 Å². The number of nitrogens with zero attached hydrogens (tertiary/aromatic N) is 2. The Morgan fingerprint density at radius 2 is 2.11 bits per heavy atom. The molecule has 0 bridgehead atoms. The van der Waals surface area contributed by atoms with Crippen LogP contribution in [0.2, 0.25) is 0 Å². The lowest BCUT2D eigenvalue weighted by molar-refractivity contribution is 0.211. The van der Waals surface area contributed by atoms with E-state index in [1.807, 2.05) is 6.92 Å². The average molecular weight is 270 g/mol. The Labute approximate surface area is 107 Å². The van der Waals surface area contributed by atoms with Crippen LogP contribution in [-0.2, 0) is 6.42 Å². The Morgan fingerprint density at radius 3 is 2.78 bits per heavy atom. The summed E-state index contributed by atoms with van der Waals surface area (Å²) in [6, 6.07) is 2.49. The van der Waals surface area contributed by atoms with Gasteiger partial charge in [0.15, 0.2) is 0 Å². The normalized spacial score (nSPS) is 12.7. The third-order valence-corrected chi connectivity index (χ3v) is 3.58. The molecule has 2 rings (SSSR count). The molecule has 96 valence electrons. The second-order valence-electron chi connectivity index (χ2n) is 3.93. The van der Waals surface area contributed by atoms with Crippen LogP contribution in [0.25, 0.3) is 0 Å². The maximum atomic E-state index is 13.9. The first-order valence-corrected chi connectivity index (χ1v) is 6.27. The van der Waals surface area contributed by atoms with Crippen LogP contribution >= 0.6 is 11.5 Å². The minimum atomic E-state index is -1.36. The molecule has 18 heavy (non-hydrogen) atoms. The van der Waals surface area contributed by atoms with Gasteiger partial charge in [-0.3, -0.25) is 0 Å². The second-order valence-corrected chi connectivity index (χ2v) is 4.72. The van der Waals surface area contributed by atoms with Crippen LogP contribution in [0.5, 0.6) is 0 Å². The molecule has 1 aromatic carbocycles. The van der Waals surface area contributed by atoms with E-state index in [1.165, 1.54) is 13.0 Å². The molecule has 1 atom stereocenters. The fourth-order valence-corrected chi connectivity index (χ4v) is 2.46. The molecular formula is C12H12F2N2OS. The third-order valence-electron chi connectivity index (χ3n) is 2.76. The van der Waals surface area contributed by atoms with E-state index in [-0.39, 0.29) is 5.56 Å². The van der Waals surface area contributed by atoms with Gasteiger partial charge in [0.05, 0.1) is 16.1 Å². The molecule has 0 fully saturated rings. The number of aryl methyl sites for hydroxylation is 2. The van der Waals surface area contributed by atoms with Crippen molar-refractivity contribution < 1.29 is 13.9 Å². The number of aliphatic hydroxyl groups is 1. The Bertz CT molecular complexity index is 571. The van der Waals surface area contributed by atoms with E-state index in [4.69, 9.17) is 0 Å². The Kier molecular flexibility index (Phi) is 3.68. The lowest BCUT2D eigenvalue weighted by atomic mass is 10.0. The van der Waals surface area contributed by atoms with Gasteiger partial charge >= 0.3 is 0 Å². The van der Waals surface area contributed by atoms with Crippen LogP contribution in [0.15, 0.2) is 12.1 Å². The largest absolute Gasteiger partial charge is 0.382 e. The molecule has 1 unspecified atom stereocenters. The molecule has 0 aliphatic heterocycles. The van der Waals surface area contributed by atoms with E-state index in [2.05, 4.69) is 9.59 Å². The number of aromatic nitrogens is 2. The van der Waals surface area contributed by atoms with Crippen molar-refractivity contribution in [2.24, 2.45) is 0 Å². The molecule has 1 heterocycles. The van der Waals surface area contributed by atoms with Gasteiger partial charge in [-0.1, -0.05) is 17.5 Å². The molecule has 0 saturated heterocycles. The minimum absolute atomic E-state index is 0.293.